The molecular formula is C18H16N4OS3. The zero-order valence-electron chi connectivity index (χ0n) is 14.2. The average molecular weight is 401 g/mol. The topological polar surface area (TPSA) is 52.8 Å². The van der Waals surface area contributed by atoms with Gasteiger partial charge in [0.1, 0.15) is 10.8 Å². The van der Waals surface area contributed by atoms with Crippen LogP contribution in [-0.2, 0) is 12.8 Å². The van der Waals surface area contributed by atoms with Crippen LogP contribution in [0.2, 0.25) is 0 Å². The Morgan fingerprint density at radius 2 is 1.92 bits per heavy atom. The maximum Gasteiger partial charge on any atom is 0.191 e. The molecule has 3 heterocycles. The van der Waals surface area contributed by atoms with Gasteiger partial charge in [-0.3, -0.25) is 0 Å². The number of thiazole rings is 1. The molecule has 0 atom stereocenters. The molecule has 132 valence electrons. The minimum atomic E-state index is 0.773. The van der Waals surface area contributed by atoms with Crippen molar-refractivity contribution in [3.8, 4) is 27.7 Å². The predicted octanol–water partition coefficient (Wildman–Crippen LogP) is 4.97. The Hall–Kier alpha value is -2.16. The zero-order valence-corrected chi connectivity index (χ0v) is 16.7. The van der Waals surface area contributed by atoms with Gasteiger partial charge in [0.05, 0.1) is 12.8 Å². The van der Waals surface area contributed by atoms with Crippen LogP contribution in [0.15, 0.2) is 51.6 Å². The fourth-order valence-electron chi connectivity index (χ4n) is 2.46. The minimum absolute atomic E-state index is 0.773. The summed E-state index contributed by atoms with van der Waals surface area (Å²) in [5.74, 6) is 2.44. The van der Waals surface area contributed by atoms with Gasteiger partial charge in [-0.05, 0) is 35.7 Å². The highest BCUT2D eigenvalue weighted by Gasteiger charge is 2.13. The van der Waals surface area contributed by atoms with Gasteiger partial charge >= 0.3 is 0 Å². The van der Waals surface area contributed by atoms with Crippen molar-refractivity contribution in [3.63, 3.8) is 0 Å². The molecule has 1 aromatic carbocycles. The van der Waals surface area contributed by atoms with Gasteiger partial charge in [0, 0.05) is 34.7 Å². The molecule has 3 aromatic heterocycles. The Morgan fingerprint density at radius 1 is 1.08 bits per heavy atom. The summed E-state index contributed by atoms with van der Waals surface area (Å²) in [6, 6.07) is 9.94. The Bertz CT molecular complexity index is 990. The van der Waals surface area contributed by atoms with E-state index < -0.39 is 0 Å². The number of thiophene rings is 1. The lowest BCUT2D eigenvalue weighted by Gasteiger charge is -2.04. The molecule has 8 heteroatoms. The second kappa shape index (κ2) is 7.61. The Labute approximate surface area is 163 Å². The van der Waals surface area contributed by atoms with E-state index in [0.717, 1.165) is 38.7 Å². The molecule has 0 fully saturated rings. The molecule has 0 unspecified atom stereocenters. The molecule has 26 heavy (non-hydrogen) atoms. The quantitative estimate of drug-likeness (QED) is 0.428. The monoisotopic (exact) mass is 400 g/mol. The Balaban J connectivity index is 1.46. The van der Waals surface area contributed by atoms with Gasteiger partial charge in [0.15, 0.2) is 11.0 Å². The van der Waals surface area contributed by atoms with Crippen molar-refractivity contribution in [2.24, 2.45) is 7.05 Å². The van der Waals surface area contributed by atoms with Crippen molar-refractivity contribution in [2.75, 3.05) is 7.11 Å². The average Bonchev–Trinajstić information content (AvgIpc) is 3.41. The van der Waals surface area contributed by atoms with Gasteiger partial charge in [-0.1, -0.05) is 11.8 Å². The first-order valence-corrected chi connectivity index (χ1v) is 10.7. The van der Waals surface area contributed by atoms with Gasteiger partial charge in [0.2, 0.25) is 0 Å². The normalized spacial score (nSPS) is 11.0. The molecule has 0 saturated heterocycles. The molecule has 0 spiro atoms. The van der Waals surface area contributed by atoms with Gasteiger partial charge in [-0.25, -0.2) is 4.98 Å². The molecular weight excluding hydrogens is 384 g/mol. The summed E-state index contributed by atoms with van der Waals surface area (Å²) in [4.78, 5) is 4.71. The van der Waals surface area contributed by atoms with Crippen LogP contribution in [0.3, 0.4) is 0 Å². The Morgan fingerprint density at radius 3 is 2.65 bits per heavy atom. The first kappa shape index (κ1) is 17.3. The number of hydrogen-bond donors (Lipinski definition) is 0. The van der Waals surface area contributed by atoms with Crippen molar-refractivity contribution < 1.29 is 4.74 Å². The van der Waals surface area contributed by atoms with Gasteiger partial charge in [0.25, 0.3) is 0 Å². The van der Waals surface area contributed by atoms with Crippen LogP contribution in [0.25, 0.3) is 22.0 Å². The molecule has 0 saturated carbocycles. The summed E-state index contributed by atoms with van der Waals surface area (Å²) in [5, 5.41) is 16.9. The van der Waals surface area contributed by atoms with E-state index in [1.165, 1.54) is 5.56 Å². The summed E-state index contributed by atoms with van der Waals surface area (Å²) in [7, 11) is 3.65. The molecule has 4 aromatic rings. The van der Waals surface area contributed by atoms with Crippen LogP contribution in [-0.4, -0.2) is 26.9 Å². The van der Waals surface area contributed by atoms with Crippen molar-refractivity contribution in [3.05, 3.63) is 52.2 Å². The van der Waals surface area contributed by atoms with Crippen LogP contribution in [0, 0.1) is 0 Å². The number of methoxy groups -OCH3 is 1. The molecule has 5 nitrogen and oxygen atoms in total. The molecule has 0 aliphatic carbocycles. The lowest BCUT2D eigenvalue weighted by molar-refractivity contribution is 0.415. The summed E-state index contributed by atoms with van der Waals surface area (Å²) in [5.41, 5.74) is 3.27. The first-order valence-electron chi connectivity index (χ1n) is 7.88. The number of aromatic nitrogens is 4. The van der Waals surface area contributed by atoms with Crippen LogP contribution < -0.4 is 4.74 Å². The number of thioether (sulfide) groups is 1. The minimum Gasteiger partial charge on any atom is -0.497 e. The van der Waals surface area contributed by atoms with E-state index in [4.69, 9.17) is 9.72 Å². The fourth-order valence-corrected chi connectivity index (χ4v) is 4.90. The number of rotatable bonds is 6. The smallest absolute Gasteiger partial charge is 0.191 e. The first-order chi connectivity index (χ1) is 12.7. The second-order valence-electron chi connectivity index (χ2n) is 5.54. The zero-order chi connectivity index (χ0) is 17.9. The van der Waals surface area contributed by atoms with Crippen molar-refractivity contribution in [1.29, 1.82) is 0 Å². The molecule has 0 radical (unpaired) electrons. The molecule has 4 rings (SSSR count). The lowest BCUT2D eigenvalue weighted by Crippen LogP contribution is -1.95. The largest absolute Gasteiger partial charge is 0.497 e. The number of benzene rings is 1. The van der Waals surface area contributed by atoms with E-state index in [2.05, 4.69) is 32.4 Å². The highest BCUT2D eigenvalue weighted by Crippen LogP contribution is 2.30. The van der Waals surface area contributed by atoms with E-state index in [1.807, 2.05) is 35.9 Å². The van der Waals surface area contributed by atoms with Crippen LogP contribution in [0.1, 0.15) is 5.69 Å². The molecule has 0 aliphatic rings. The highest BCUT2D eigenvalue weighted by molar-refractivity contribution is 7.98. The van der Waals surface area contributed by atoms with Crippen LogP contribution in [0.5, 0.6) is 5.75 Å². The van der Waals surface area contributed by atoms with Gasteiger partial charge in [-0.15, -0.1) is 21.5 Å². The van der Waals surface area contributed by atoms with Gasteiger partial charge in [-0.2, -0.15) is 11.3 Å². The third kappa shape index (κ3) is 3.53. The van der Waals surface area contributed by atoms with Crippen LogP contribution >= 0.6 is 34.4 Å². The summed E-state index contributed by atoms with van der Waals surface area (Å²) in [6.45, 7) is 0. The molecule has 0 aliphatic heterocycles. The second-order valence-corrected chi connectivity index (χ2v) is 8.12. The van der Waals surface area contributed by atoms with E-state index in [9.17, 15) is 0 Å². The fraction of sp³-hybridized carbons (Fsp3) is 0.167. The van der Waals surface area contributed by atoms with Crippen molar-refractivity contribution >= 4 is 34.4 Å². The Kier molecular flexibility index (Phi) is 5.05. The maximum atomic E-state index is 5.20. The molecule has 0 N–H and O–H groups in total. The number of hydrogen-bond acceptors (Lipinski definition) is 7. The van der Waals surface area contributed by atoms with E-state index in [1.54, 1.807) is 41.5 Å². The van der Waals surface area contributed by atoms with E-state index in [0.29, 0.717) is 0 Å². The summed E-state index contributed by atoms with van der Waals surface area (Å²) >= 11 is 5.02. The molecule has 0 bridgehead atoms. The predicted molar refractivity (Wildman–Crippen MR) is 108 cm³/mol. The third-order valence-electron chi connectivity index (χ3n) is 3.85. The standard InChI is InChI=1S/C18H16N4OS3/c1-22-16(12-3-5-15(23-2)6-4-12)20-21-18(22)26-11-14-10-25-17(19-14)13-7-8-24-9-13/h3-10H,11H2,1-2H3. The van der Waals surface area contributed by atoms with Crippen molar-refractivity contribution in [2.45, 2.75) is 10.9 Å². The summed E-state index contributed by atoms with van der Waals surface area (Å²) < 4.78 is 7.22. The molecule has 0 amide bonds. The summed E-state index contributed by atoms with van der Waals surface area (Å²) in [6.07, 6.45) is 0. The van der Waals surface area contributed by atoms with Gasteiger partial charge < -0.3 is 9.30 Å². The highest BCUT2D eigenvalue weighted by atomic mass is 32.2. The van der Waals surface area contributed by atoms with E-state index in [-0.39, 0.29) is 0 Å². The third-order valence-corrected chi connectivity index (χ3v) is 6.53. The number of nitrogens with zero attached hydrogens (tertiary/aromatic N) is 4. The number of ether oxygens (including phenoxy) is 1. The van der Waals surface area contributed by atoms with E-state index >= 15 is 0 Å². The lowest BCUT2D eigenvalue weighted by atomic mass is 10.2. The van der Waals surface area contributed by atoms with Crippen molar-refractivity contribution in [1.82, 2.24) is 19.7 Å². The maximum absolute atomic E-state index is 5.20. The van der Waals surface area contributed by atoms with Crippen LogP contribution in [0.4, 0.5) is 0 Å². The SMILES string of the molecule is COc1ccc(-c2nnc(SCc3csc(-c4ccsc4)n3)n2C)cc1.